The van der Waals surface area contributed by atoms with Crippen molar-refractivity contribution in [3.8, 4) is 5.75 Å². The minimum Gasteiger partial charge on any atom is -0.495 e. The highest BCUT2D eigenvalue weighted by Crippen LogP contribution is 2.31. The smallest absolute Gasteiger partial charge is 0.142 e. The normalized spacial score (nSPS) is 12.2. The van der Waals surface area contributed by atoms with E-state index >= 15 is 0 Å². The van der Waals surface area contributed by atoms with Crippen LogP contribution in [0.4, 0.5) is 14.5 Å². The third-order valence-corrected chi connectivity index (χ3v) is 3.03. The molecule has 2 aromatic carbocycles. The predicted molar refractivity (Wildman–Crippen MR) is 72.4 cm³/mol. The topological polar surface area (TPSA) is 55.5 Å². The Morgan fingerprint density at radius 1 is 1.20 bits per heavy atom. The fraction of sp³-hybridized carbons (Fsp3) is 0.200. The van der Waals surface area contributed by atoms with Crippen LogP contribution in [0, 0.1) is 11.6 Å². The number of nitrogens with two attached hydrogens (primary N) is 1. The number of rotatable bonds is 4. The zero-order chi connectivity index (χ0) is 14.7. The van der Waals surface area contributed by atoms with Gasteiger partial charge in [-0.05, 0) is 23.8 Å². The number of halogens is 2. The Morgan fingerprint density at radius 2 is 1.85 bits per heavy atom. The molecule has 5 heteroatoms. The van der Waals surface area contributed by atoms with E-state index in [9.17, 15) is 13.9 Å². The van der Waals surface area contributed by atoms with Gasteiger partial charge in [0.15, 0.2) is 0 Å². The van der Waals surface area contributed by atoms with Crippen molar-refractivity contribution in [2.45, 2.75) is 12.5 Å². The number of hydrogen-bond donors (Lipinski definition) is 2. The molecule has 0 aliphatic heterocycles. The van der Waals surface area contributed by atoms with Gasteiger partial charge in [0, 0.05) is 18.1 Å². The van der Waals surface area contributed by atoms with E-state index in [-0.39, 0.29) is 6.42 Å². The average Bonchev–Trinajstić information content (AvgIpc) is 2.37. The summed E-state index contributed by atoms with van der Waals surface area (Å²) in [6, 6.07) is 8.17. The van der Waals surface area contributed by atoms with Crippen molar-refractivity contribution in [1.82, 2.24) is 0 Å². The van der Waals surface area contributed by atoms with Gasteiger partial charge in [0.05, 0.1) is 18.9 Å². The van der Waals surface area contributed by atoms with Crippen molar-refractivity contribution in [3.63, 3.8) is 0 Å². The van der Waals surface area contributed by atoms with Crippen molar-refractivity contribution >= 4 is 5.69 Å². The summed E-state index contributed by atoms with van der Waals surface area (Å²) in [5, 5.41) is 10.2. The summed E-state index contributed by atoms with van der Waals surface area (Å²) in [5.41, 5.74) is 7.02. The molecule has 0 aliphatic carbocycles. The van der Waals surface area contributed by atoms with Crippen LogP contribution in [0.2, 0.25) is 0 Å². The van der Waals surface area contributed by atoms with Crippen LogP contribution in [0.1, 0.15) is 17.2 Å². The van der Waals surface area contributed by atoms with Gasteiger partial charge < -0.3 is 15.6 Å². The number of nitrogen functional groups attached to an aromatic ring is 1. The van der Waals surface area contributed by atoms with Crippen molar-refractivity contribution < 1.29 is 18.6 Å². The van der Waals surface area contributed by atoms with Crippen LogP contribution in [0.15, 0.2) is 36.4 Å². The molecule has 1 unspecified atom stereocenters. The van der Waals surface area contributed by atoms with E-state index in [2.05, 4.69) is 0 Å². The number of aliphatic hydroxyl groups is 1. The first-order valence-electron chi connectivity index (χ1n) is 6.06. The number of aliphatic hydroxyl groups excluding tert-OH is 1. The lowest BCUT2D eigenvalue weighted by Crippen LogP contribution is -2.07. The van der Waals surface area contributed by atoms with Crippen molar-refractivity contribution in [2.75, 3.05) is 12.8 Å². The van der Waals surface area contributed by atoms with Crippen molar-refractivity contribution in [1.29, 1.82) is 0 Å². The molecule has 1 atom stereocenters. The number of hydrogen-bond acceptors (Lipinski definition) is 3. The summed E-state index contributed by atoms with van der Waals surface area (Å²) < 4.78 is 31.3. The summed E-state index contributed by atoms with van der Waals surface area (Å²) in [6.45, 7) is 0. The van der Waals surface area contributed by atoms with Crippen LogP contribution in [0.3, 0.4) is 0 Å². The van der Waals surface area contributed by atoms with Gasteiger partial charge in [-0.3, -0.25) is 0 Å². The lowest BCUT2D eigenvalue weighted by atomic mass is 9.99. The third kappa shape index (κ3) is 3.05. The van der Waals surface area contributed by atoms with Crippen molar-refractivity contribution in [3.05, 3.63) is 59.2 Å². The van der Waals surface area contributed by atoms with Crippen LogP contribution in [-0.4, -0.2) is 12.2 Å². The van der Waals surface area contributed by atoms with E-state index in [4.69, 9.17) is 10.5 Å². The van der Waals surface area contributed by atoms with Crippen LogP contribution in [0.5, 0.6) is 5.75 Å². The first kappa shape index (κ1) is 14.3. The zero-order valence-electron chi connectivity index (χ0n) is 10.9. The third-order valence-electron chi connectivity index (χ3n) is 3.03. The molecule has 20 heavy (non-hydrogen) atoms. The number of methoxy groups -OCH3 is 1. The zero-order valence-corrected chi connectivity index (χ0v) is 10.9. The van der Waals surface area contributed by atoms with E-state index in [1.807, 2.05) is 0 Å². The maximum absolute atomic E-state index is 13.1. The molecule has 0 bridgehead atoms. The lowest BCUT2D eigenvalue weighted by Gasteiger charge is -2.15. The molecule has 2 aromatic rings. The second-order valence-corrected chi connectivity index (χ2v) is 4.46. The monoisotopic (exact) mass is 279 g/mol. The highest BCUT2D eigenvalue weighted by atomic mass is 19.1. The molecule has 0 fully saturated rings. The highest BCUT2D eigenvalue weighted by Gasteiger charge is 2.15. The molecule has 0 radical (unpaired) electrons. The molecule has 0 aromatic heterocycles. The second-order valence-electron chi connectivity index (χ2n) is 4.46. The van der Waals surface area contributed by atoms with Crippen LogP contribution in [-0.2, 0) is 6.42 Å². The average molecular weight is 279 g/mol. The summed E-state index contributed by atoms with van der Waals surface area (Å²) >= 11 is 0. The van der Waals surface area contributed by atoms with Gasteiger partial charge in [-0.15, -0.1) is 0 Å². The van der Waals surface area contributed by atoms with Crippen LogP contribution < -0.4 is 10.5 Å². The lowest BCUT2D eigenvalue weighted by molar-refractivity contribution is 0.178. The van der Waals surface area contributed by atoms with Gasteiger partial charge in [0.1, 0.15) is 17.4 Å². The molecule has 3 nitrogen and oxygen atoms in total. The quantitative estimate of drug-likeness (QED) is 0.846. The van der Waals surface area contributed by atoms with E-state index in [0.29, 0.717) is 22.6 Å². The van der Waals surface area contributed by atoms with Gasteiger partial charge in [0.25, 0.3) is 0 Å². The second kappa shape index (κ2) is 5.88. The minimum atomic E-state index is -0.966. The van der Waals surface area contributed by atoms with E-state index < -0.39 is 17.7 Å². The van der Waals surface area contributed by atoms with E-state index in [0.717, 1.165) is 6.07 Å². The van der Waals surface area contributed by atoms with Gasteiger partial charge in [-0.2, -0.15) is 0 Å². The summed E-state index contributed by atoms with van der Waals surface area (Å²) in [7, 11) is 1.48. The fourth-order valence-corrected chi connectivity index (χ4v) is 2.09. The molecule has 3 N–H and O–H groups in total. The van der Waals surface area contributed by atoms with E-state index in [1.54, 1.807) is 18.2 Å². The van der Waals surface area contributed by atoms with Crippen LogP contribution >= 0.6 is 0 Å². The van der Waals surface area contributed by atoms with Gasteiger partial charge in [-0.25, -0.2) is 8.78 Å². The molecule has 0 aliphatic rings. The molecule has 2 rings (SSSR count). The molecule has 0 saturated carbocycles. The summed E-state index contributed by atoms with van der Waals surface area (Å²) in [6.07, 6.45) is -0.905. The number of ether oxygens (including phenoxy) is 1. The maximum Gasteiger partial charge on any atom is 0.142 e. The fourth-order valence-electron chi connectivity index (χ4n) is 2.09. The first-order valence-corrected chi connectivity index (χ1v) is 6.06. The Balaban J connectivity index is 2.26. The molecule has 0 amide bonds. The van der Waals surface area contributed by atoms with Gasteiger partial charge >= 0.3 is 0 Å². The molecular formula is C15H15F2NO2. The van der Waals surface area contributed by atoms with E-state index in [1.165, 1.54) is 19.2 Å². The minimum absolute atomic E-state index is 0.0616. The van der Waals surface area contributed by atoms with Crippen LogP contribution in [0.25, 0.3) is 0 Å². The first-order chi connectivity index (χ1) is 9.51. The molecule has 0 heterocycles. The summed E-state index contributed by atoms with van der Waals surface area (Å²) in [4.78, 5) is 0. The number of para-hydroxylation sites is 1. The van der Waals surface area contributed by atoms with Gasteiger partial charge in [-0.1, -0.05) is 12.1 Å². The molecule has 0 spiro atoms. The van der Waals surface area contributed by atoms with Gasteiger partial charge in [0.2, 0.25) is 0 Å². The summed E-state index contributed by atoms with van der Waals surface area (Å²) in [5.74, 6) is -0.899. The highest BCUT2D eigenvalue weighted by molar-refractivity contribution is 5.59. The number of anilines is 1. The Kier molecular flexibility index (Phi) is 4.20. The Hall–Kier alpha value is -2.14. The molecular weight excluding hydrogens is 264 g/mol. The SMILES string of the molecule is COc1cccc(C(O)Cc2cc(F)cc(F)c2)c1N. The largest absolute Gasteiger partial charge is 0.495 e. The number of benzene rings is 2. The molecule has 106 valence electrons. The maximum atomic E-state index is 13.1. The Morgan fingerprint density at radius 3 is 2.45 bits per heavy atom. The Labute approximate surface area is 115 Å². The standard InChI is InChI=1S/C15H15F2NO2/c1-20-14-4-2-3-12(15(14)18)13(19)7-9-5-10(16)8-11(17)6-9/h2-6,8,13,19H,7,18H2,1H3. The van der Waals surface area contributed by atoms with Crippen molar-refractivity contribution in [2.24, 2.45) is 0 Å². The predicted octanol–water partition coefficient (Wildman–Crippen LogP) is 2.83. The Bertz CT molecular complexity index is 597. The molecule has 0 saturated heterocycles.